The van der Waals surface area contributed by atoms with E-state index >= 15 is 0 Å². The maximum Gasteiger partial charge on any atom is 0.494 e. The van der Waals surface area contributed by atoms with Crippen molar-refractivity contribution in [2.45, 2.75) is 64.4 Å². The van der Waals surface area contributed by atoms with E-state index in [2.05, 4.69) is 38.9 Å². The Morgan fingerprint density at radius 1 is 1.16 bits per heavy atom. The average molecular weight is 343 g/mol. The summed E-state index contributed by atoms with van der Waals surface area (Å²) >= 11 is 0. The number of anilines is 1. The Hall–Kier alpha value is -1.57. The highest BCUT2D eigenvalue weighted by Gasteiger charge is 2.51. The van der Waals surface area contributed by atoms with Gasteiger partial charge in [0.05, 0.1) is 22.9 Å². The van der Waals surface area contributed by atoms with Gasteiger partial charge in [0.15, 0.2) is 6.23 Å². The maximum absolute atomic E-state index is 6.30. The number of ether oxygens (including phenoxy) is 1. The molecule has 1 unspecified atom stereocenters. The summed E-state index contributed by atoms with van der Waals surface area (Å²) in [6.07, 6.45) is 5.02. The van der Waals surface area contributed by atoms with Crippen molar-refractivity contribution in [2.75, 3.05) is 12.3 Å². The third-order valence-electron chi connectivity index (χ3n) is 5.72. The van der Waals surface area contributed by atoms with Crippen molar-refractivity contribution in [3.05, 3.63) is 18.3 Å². The minimum Gasteiger partial charge on any atom is -0.399 e. The molecule has 4 rings (SSSR count). The van der Waals surface area contributed by atoms with Crippen molar-refractivity contribution in [3.63, 3.8) is 0 Å². The van der Waals surface area contributed by atoms with Crippen molar-refractivity contribution >= 4 is 29.2 Å². The van der Waals surface area contributed by atoms with E-state index in [1.54, 1.807) is 0 Å². The zero-order chi connectivity index (χ0) is 17.8. The topological polar surface area (TPSA) is 71.5 Å². The van der Waals surface area contributed by atoms with Crippen LogP contribution in [0.2, 0.25) is 0 Å². The standard InChI is InChI=1S/C18H26BN3O3/c1-17(2)18(3,4)25-19(24-17)12-9-14(20)13-11-21-22(15(13)10-12)16-7-5-6-8-23-16/h9-11,16H,5-8,20H2,1-4H3. The highest BCUT2D eigenvalue weighted by molar-refractivity contribution is 6.62. The fraction of sp³-hybridized carbons (Fsp3) is 0.611. The minimum atomic E-state index is -0.438. The number of hydrogen-bond donors (Lipinski definition) is 1. The number of aromatic nitrogens is 2. The molecule has 2 aromatic rings. The van der Waals surface area contributed by atoms with Gasteiger partial charge in [0, 0.05) is 17.7 Å². The molecule has 1 aromatic carbocycles. The van der Waals surface area contributed by atoms with Gasteiger partial charge >= 0.3 is 7.12 Å². The van der Waals surface area contributed by atoms with Gasteiger partial charge in [-0.15, -0.1) is 0 Å². The lowest BCUT2D eigenvalue weighted by Gasteiger charge is -2.32. The van der Waals surface area contributed by atoms with Crippen molar-refractivity contribution in [1.29, 1.82) is 0 Å². The molecule has 1 aromatic heterocycles. The van der Waals surface area contributed by atoms with Crippen LogP contribution in [0.15, 0.2) is 18.3 Å². The van der Waals surface area contributed by atoms with Crippen LogP contribution >= 0.6 is 0 Å². The number of hydrogen-bond acceptors (Lipinski definition) is 5. The van der Waals surface area contributed by atoms with Gasteiger partial charge in [-0.3, -0.25) is 0 Å². The molecule has 6 nitrogen and oxygen atoms in total. The van der Waals surface area contributed by atoms with Gasteiger partial charge in [0.2, 0.25) is 0 Å². The quantitative estimate of drug-likeness (QED) is 0.670. The van der Waals surface area contributed by atoms with E-state index in [1.165, 1.54) is 0 Å². The number of nitrogens with two attached hydrogens (primary N) is 1. The van der Waals surface area contributed by atoms with Crippen LogP contribution in [0.25, 0.3) is 10.9 Å². The second-order valence-corrected chi connectivity index (χ2v) is 8.04. The minimum absolute atomic E-state index is 0.0285. The summed E-state index contributed by atoms with van der Waals surface area (Å²) in [7, 11) is -0.438. The molecule has 0 spiro atoms. The predicted molar refractivity (Wildman–Crippen MR) is 98.7 cm³/mol. The van der Waals surface area contributed by atoms with Gasteiger partial charge in [-0.1, -0.05) is 0 Å². The van der Waals surface area contributed by atoms with Crippen molar-refractivity contribution in [1.82, 2.24) is 9.78 Å². The summed E-state index contributed by atoms with van der Waals surface area (Å²) in [6.45, 7) is 8.98. The monoisotopic (exact) mass is 343 g/mol. The van der Waals surface area contributed by atoms with Gasteiger partial charge < -0.3 is 19.8 Å². The lowest BCUT2D eigenvalue weighted by molar-refractivity contribution is -0.0366. The Morgan fingerprint density at radius 2 is 1.88 bits per heavy atom. The summed E-state index contributed by atoms with van der Waals surface area (Å²) in [4.78, 5) is 0. The van der Waals surface area contributed by atoms with Crippen LogP contribution in [-0.4, -0.2) is 34.7 Å². The Labute approximate surface area is 148 Å². The third kappa shape index (κ3) is 2.74. The first-order valence-electron chi connectivity index (χ1n) is 9.02. The first kappa shape index (κ1) is 16.9. The van der Waals surface area contributed by atoms with Crippen molar-refractivity contribution in [3.8, 4) is 0 Å². The van der Waals surface area contributed by atoms with E-state index < -0.39 is 7.12 Å². The molecule has 2 N–H and O–H groups in total. The zero-order valence-electron chi connectivity index (χ0n) is 15.4. The van der Waals surface area contributed by atoms with E-state index in [0.717, 1.165) is 42.2 Å². The largest absolute Gasteiger partial charge is 0.494 e. The molecule has 0 amide bonds. The first-order chi connectivity index (χ1) is 11.8. The summed E-state index contributed by atoms with van der Waals surface area (Å²) in [5.41, 5.74) is 8.11. The number of nitrogens with zero attached hydrogens (tertiary/aromatic N) is 2. The molecule has 2 aliphatic rings. The molecule has 25 heavy (non-hydrogen) atoms. The third-order valence-corrected chi connectivity index (χ3v) is 5.72. The maximum atomic E-state index is 6.30. The molecule has 2 saturated heterocycles. The summed E-state index contributed by atoms with van der Waals surface area (Å²) < 4.78 is 20.2. The normalized spacial score (nSPS) is 25.6. The number of rotatable bonds is 2. The average Bonchev–Trinajstić information content (AvgIpc) is 3.07. The molecule has 134 valence electrons. The fourth-order valence-corrected chi connectivity index (χ4v) is 3.46. The van der Waals surface area contributed by atoms with E-state index in [9.17, 15) is 0 Å². The van der Waals surface area contributed by atoms with E-state index in [0.29, 0.717) is 5.69 Å². The number of nitrogen functional groups attached to an aromatic ring is 1. The molecule has 3 heterocycles. The zero-order valence-corrected chi connectivity index (χ0v) is 15.4. The van der Waals surface area contributed by atoms with Crippen LogP contribution in [0, 0.1) is 0 Å². The molecule has 2 aliphatic heterocycles. The van der Waals surface area contributed by atoms with Gasteiger partial charge in [-0.05, 0) is 64.6 Å². The molecular formula is C18H26BN3O3. The van der Waals surface area contributed by atoms with Crippen LogP contribution in [-0.2, 0) is 14.0 Å². The number of benzene rings is 1. The molecule has 7 heteroatoms. The number of fused-ring (bicyclic) bond motifs is 1. The van der Waals surface area contributed by atoms with Gasteiger partial charge in [-0.2, -0.15) is 5.10 Å². The van der Waals surface area contributed by atoms with Crippen LogP contribution in [0.4, 0.5) is 5.69 Å². The van der Waals surface area contributed by atoms with E-state index in [1.807, 2.05) is 16.9 Å². The smallest absolute Gasteiger partial charge is 0.399 e. The van der Waals surface area contributed by atoms with Gasteiger partial charge in [-0.25, -0.2) is 4.68 Å². The van der Waals surface area contributed by atoms with Crippen LogP contribution in [0.5, 0.6) is 0 Å². The second kappa shape index (κ2) is 5.72. The summed E-state index contributed by atoms with van der Waals surface area (Å²) in [5, 5.41) is 5.47. The molecule has 0 aliphatic carbocycles. The summed E-state index contributed by atoms with van der Waals surface area (Å²) in [6, 6.07) is 4.00. The summed E-state index contributed by atoms with van der Waals surface area (Å²) in [5.74, 6) is 0. The highest BCUT2D eigenvalue weighted by atomic mass is 16.7. The predicted octanol–water partition coefficient (Wildman–Crippen LogP) is 2.62. The molecule has 0 bridgehead atoms. The van der Waals surface area contributed by atoms with Crippen molar-refractivity contribution < 1.29 is 14.0 Å². The van der Waals surface area contributed by atoms with Crippen LogP contribution in [0.3, 0.4) is 0 Å². The van der Waals surface area contributed by atoms with E-state index in [-0.39, 0.29) is 17.4 Å². The van der Waals surface area contributed by atoms with E-state index in [4.69, 9.17) is 19.8 Å². The second-order valence-electron chi connectivity index (χ2n) is 8.04. The SMILES string of the molecule is CC1(C)OB(c2cc(N)c3cnn(C4CCCCO4)c3c2)OC1(C)C. The highest BCUT2D eigenvalue weighted by Crippen LogP contribution is 2.37. The molecule has 2 fully saturated rings. The van der Waals surface area contributed by atoms with Crippen molar-refractivity contribution in [2.24, 2.45) is 0 Å². The van der Waals surface area contributed by atoms with Gasteiger partial charge in [0.25, 0.3) is 0 Å². The molecular weight excluding hydrogens is 317 g/mol. The van der Waals surface area contributed by atoms with Crippen LogP contribution in [0.1, 0.15) is 53.2 Å². The lowest BCUT2D eigenvalue weighted by atomic mass is 9.78. The lowest BCUT2D eigenvalue weighted by Crippen LogP contribution is -2.41. The Balaban J connectivity index is 1.74. The molecule has 1 atom stereocenters. The fourth-order valence-electron chi connectivity index (χ4n) is 3.46. The Bertz CT molecular complexity index is 780. The first-order valence-corrected chi connectivity index (χ1v) is 9.02. The molecule has 0 saturated carbocycles. The van der Waals surface area contributed by atoms with Crippen LogP contribution < -0.4 is 11.2 Å². The molecule has 0 radical (unpaired) electrons. The Kier molecular flexibility index (Phi) is 3.86. The Morgan fingerprint density at radius 3 is 2.52 bits per heavy atom. The van der Waals surface area contributed by atoms with Gasteiger partial charge in [0.1, 0.15) is 0 Å².